The number of pyridine rings is 1. The van der Waals surface area contributed by atoms with Crippen molar-refractivity contribution in [1.82, 2.24) is 4.98 Å². The number of hydrogen-bond donors (Lipinski definition) is 0. The topological polar surface area (TPSA) is 12.9 Å². The van der Waals surface area contributed by atoms with Gasteiger partial charge in [-0.3, -0.25) is 0 Å². The number of terminal acetylenes is 1. The van der Waals surface area contributed by atoms with E-state index >= 15 is 0 Å². The zero-order valence-corrected chi connectivity index (χ0v) is 8.29. The maximum atomic E-state index is 5.92. The third-order valence-corrected chi connectivity index (χ3v) is 2.47. The molecule has 0 unspecified atom stereocenters. The third-order valence-electron chi connectivity index (χ3n) is 1.64. The summed E-state index contributed by atoms with van der Waals surface area (Å²) in [7, 11) is 0. The van der Waals surface area contributed by atoms with Gasteiger partial charge in [-0.05, 0) is 19.4 Å². The first-order valence-electron chi connectivity index (χ1n) is 3.36. The van der Waals surface area contributed by atoms with E-state index in [9.17, 15) is 0 Å². The highest BCUT2D eigenvalue weighted by atomic mass is 35.5. The lowest BCUT2D eigenvalue weighted by Gasteiger charge is -2.05. The van der Waals surface area contributed by atoms with Crippen molar-refractivity contribution in [1.29, 1.82) is 0 Å². The van der Waals surface area contributed by atoms with Crippen molar-refractivity contribution in [3.05, 3.63) is 27.0 Å². The molecule has 1 heterocycles. The van der Waals surface area contributed by atoms with Crippen molar-refractivity contribution in [3.63, 3.8) is 0 Å². The number of halogens is 2. The van der Waals surface area contributed by atoms with Crippen LogP contribution < -0.4 is 0 Å². The van der Waals surface area contributed by atoms with Gasteiger partial charge in [0, 0.05) is 0 Å². The molecule has 0 saturated heterocycles. The van der Waals surface area contributed by atoms with Gasteiger partial charge in [-0.2, -0.15) is 0 Å². The predicted molar refractivity (Wildman–Crippen MR) is 51.7 cm³/mol. The lowest BCUT2D eigenvalue weighted by Crippen LogP contribution is -1.93. The maximum Gasteiger partial charge on any atom is 0.145 e. The molecule has 0 aliphatic rings. The van der Waals surface area contributed by atoms with E-state index in [1.165, 1.54) is 0 Å². The van der Waals surface area contributed by atoms with Crippen LogP contribution in [0.15, 0.2) is 0 Å². The molecular formula is C9H7Cl2N. The van der Waals surface area contributed by atoms with Crippen molar-refractivity contribution in [2.24, 2.45) is 0 Å². The van der Waals surface area contributed by atoms with Crippen LogP contribution in [-0.2, 0) is 0 Å². The van der Waals surface area contributed by atoms with Gasteiger partial charge in [-0.1, -0.05) is 29.1 Å². The van der Waals surface area contributed by atoms with Gasteiger partial charge in [0.1, 0.15) is 5.15 Å². The highest BCUT2D eigenvalue weighted by Crippen LogP contribution is 2.25. The molecule has 3 heteroatoms. The summed E-state index contributed by atoms with van der Waals surface area (Å²) in [6.45, 7) is 3.62. The van der Waals surface area contributed by atoms with Gasteiger partial charge in [0.05, 0.1) is 16.3 Å². The predicted octanol–water partition coefficient (Wildman–Crippen LogP) is 2.99. The van der Waals surface area contributed by atoms with Crippen LogP contribution in [0, 0.1) is 26.2 Å². The molecule has 0 N–H and O–H groups in total. The SMILES string of the molecule is C#Cc1c(Cl)nc(C)c(Cl)c1C. The fourth-order valence-corrected chi connectivity index (χ4v) is 1.42. The monoisotopic (exact) mass is 199 g/mol. The first-order chi connectivity index (χ1) is 5.57. The van der Waals surface area contributed by atoms with Crippen LogP contribution in [0.4, 0.5) is 0 Å². The largest absolute Gasteiger partial charge is 0.239 e. The van der Waals surface area contributed by atoms with Crippen LogP contribution in [-0.4, -0.2) is 4.98 Å². The van der Waals surface area contributed by atoms with Crippen LogP contribution >= 0.6 is 23.2 Å². The zero-order chi connectivity index (χ0) is 9.30. The van der Waals surface area contributed by atoms with Crippen LogP contribution in [0.5, 0.6) is 0 Å². The quantitative estimate of drug-likeness (QED) is 0.463. The lowest BCUT2D eigenvalue weighted by molar-refractivity contribution is 1.17. The molecule has 0 aliphatic carbocycles. The summed E-state index contributed by atoms with van der Waals surface area (Å²) in [6, 6.07) is 0. The molecule has 0 bridgehead atoms. The van der Waals surface area contributed by atoms with Crippen LogP contribution in [0.1, 0.15) is 16.8 Å². The summed E-state index contributed by atoms with van der Waals surface area (Å²) < 4.78 is 0. The molecule has 1 aromatic heterocycles. The van der Waals surface area contributed by atoms with E-state index in [0.717, 1.165) is 5.56 Å². The Morgan fingerprint density at radius 3 is 2.42 bits per heavy atom. The Balaban J connectivity index is 3.54. The molecule has 0 amide bonds. The minimum atomic E-state index is 0.344. The van der Waals surface area contributed by atoms with Gasteiger partial charge in [-0.25, -0.2) is 4.98 Å². The van der Waals surface area contributed by atoms with Gasteiger partial charge in [0.2, 0.25) is 0 Å². The van der Waals surface area contributed by atoms with E-state index in [-0.39, 0.29) is 0 Å². The molecule has 0 spiro atoms. The van der Waals surface area contributed by atoms with E-state index in [1.807, 2.05) is 6.92 Å². The first kappa shape index (κ1) is 9.38. The molecule has 0 atom stereocenters. The average molecular weight is 200 g/mol. The Kier molecular flexibility index (Phi) is 2.62. The molecule has 0 fully saturated rings. The summed E-state index contributed by atoms with van der Waals surface area (Å²) in [6.07, 6.45) is 5.24. The second-order valence-electron chi connectivity index (χ2n) is 2.45. The van der Waals surface area contributed by atoms with E-state index in [2.05, 4.69) is 10.9 Å². The van der Waals surface area contributed by atoms with E-state index in [1.54, 1.807) is 6.92 Å². The summed E-state index contributed by atoms with van der Waals surface area (Å²) in [5.74, 6) is 2.45. The third kappa shape index (κ3) is 1.41. The molecule has 0 saturated carbocycles. The standard InChI is InChI=1S/C9H7Cl2N/c1-4-7-5(2)8(10)6(3)12-9(7)11/h1H,2-3H3. The fourth-order valence-electron chi connectivity index (χ4n) is 0.956. The molecule has 62 valence electrons. The molecule has 0 radical (unpaired) electrons. The van der Waals surface area contributed by atoms with Crippen molar-refractivity contribution < 1.29 is 0 Å². The minimum absolute atomic E-state index is 0.344. The Hall–Kier alpha value is -0.710. The normalized spacial score (nSPS) is 9.58. The fraction of sp³-hybridized carbons (Fsp3) is 0.222. The number of nitrogens with zero attached hydrogens (tertiary/aromatic N) is 1. The van der Waals surface area contributed by atoms with Gasteiger partial charge >= 0.3 is 0 Å². The lowest BCUT2D eigenvalue weighted by atomic mass is 10.1. The minimum Gasteiger partial charge on any atom is -0.239 e. The van der Waals surface area contributed by atoms with Gasteiger partial charge < -0.3 is 0 Å². The number of aryl methyl sites for hydroxylation is 1. The Morgan fingerprint density at radius 1 is 1.33 bits per heavy atom. The summed E-state index contributed by atoms with van der Waals surface area (Å²) >= 11 is 11.7. The number of rotatable bonds is 0. The maximum absolute atomic E-state index is 5.92. The van der Waals surface area contributed by atoms with Crippen molar-refractivity contribution in [2.75, 3.05) is 0 Å². The van der Waals surface area contributed by atoms with Crippen molar-refractivity contribution >= 4 is 23.2 Å². The second kappa shape index (κ2) is 3.35. The highest BCUT2D eigenvalue weighted by Gasteiger charge is 2.09. The van der Waals surface area contributed by atoms with Gasteiger partial charge in [-0.15, -0.1) is 6.42 Å². The Bertz CT molecular complexity index is 364. The molecule has 12 heavy (non-hydrogen) atoms. The van der Waals surface area contributed by atoms with Crippen LogP contribution in [0.25, 0.3) is 0 Å². The van der Waals surface area contributed by atoms with E-state index in [0.29, 0.717) is 21.4 Å². The summed E-state index contributed by atoms with van der Waals surface area (Å²) in [5, 5.41) is 0.934. The number of aromatic nitrogens is 1. The van der Waals surface area contributed by atoms with Gasteiger partial charge in [0.25, 0.3) is 0 Å². The molecule has 0 aliphatic heterocycles. The van der Waals surface area contributed by atoms with Crippen LogP contribution in [0.2, 0.25) is 10.2 Å². The summed E-state index contributed by atoms with van der Waals surface area (Å²) in [5.41, 5.74) is 2.10. The Morgan fingerprint density at radius 2 is 1.92 bits per heavy atom. The van der Waals surface area contributed by atoms with E-state index in [4.69, 9.17) is 29.6 Å². The first-order valence-corrected chi connectivity index (χ1v) is 4.12. The molecule has 1 nitrogen and oxygen atoms in total. The van der Waals surface area contributed by atoms with E-state index < -0.39 is 0 Å². The average Bonchev–Trinajstić information content (AvgIpc) is 2.01. The summed E-state index contributed by atoms with van der Waals surface area (Å²) in [4.78, 5) is 4.00. The molecular weight excluding hydrogens is 193 g/mol. The second-order valence-corrected chi connectivity index (χ2v) is 3.18. The molecule has 1 aromatic rings. The number of hydrogen-bond acceptors (Lipinski definition) is 1. The highest BCUT2D eigenvalue weighted by molar-refractivity contribution is 6.34. The Labute approximate surface area is 81.7 Å². The van der Waals surface area contributed by atoms with Gasteiger partial charge in [0.15, 0.2) is 0 Å². The smallest absolute Gasteiger partial charge is 0.145 e. The molecule has 0 aromatic carbocycles. The van der Waals surface area contributed by atoms with Crippen molar-refractivity contribution in [3.8, 4) is 12.3 Å². The zero-order valence-electron chi connectivity index (χ0n) is 6.78. The van der Waals surface area contributed by atoms with Crippen molar-refractivity contribution in [2.45, 2.75) is 13.8 Å². The molecule has 1 rings (SSSR count). The van der Waals surface area contributed by atoms with Crippen LogP contribution in [0.3, 0.4) is 0 Å².